The van der Waals surface area contributed by atoms with E-state index in [2.05, 4.69) is 12.2 Å². The number of rotatable bonds is 3. The molecule has 3 heteroatoms. The van der Waals surface area contributed by atoms with Crippen molar-refractivity contribution >= 4 is 0 Å². The molecule has 0 radical (unpaired) electrons. The smallest absolute Gasteiger partial charge is 0.165 e. The summed E-state index contributed by atoms with van der Waals surface area (Å²) in [5, 5.41) is 3.37. The van der Waals surface area contributed by atoms with Crippen molar-refractivity contribution in [3.8, 4) is 5.75 Å². The van der Waals surface area contributed by atoms with Crippen LogP contribution < -0.4 is 10.1 Å². The van der Waals surface area contributed by atoms with E-state index >= 15 is 0 Å². The molecule has 1 aliphatic rings. The zero-order valence-electron chi connectivity index (χ0n) is 11.4. The van der Waals surface area contributed by atoms with Crippen molar-refractivity contribution in [1.82, 2.24) is 5.32 Å². The lowest BCUT2D eigenvalue weighted by Crippen LogP contribution is -2.33. The maximum Gasteiger partial charge on any atom is 0.165 e. The van der Waals surface area contributed by atoms with Gasteiger partial charge in [0.1, 0.15) is 0 Å². The van der Waals surface area contributed by atoms with Crippen LogP contribution in [0.2, 0.25) is 0 Å². The largest absolute Gasteiger partial charge is 0.488 e. The first-order valence-corrected chi connectivity index (χ1v) is 6.74. The zero-order chi connectivity index (χ0) is 13.1. The highest BCUT2D eigenvalue weighted by Gasteiger charge is 2.23. The highest BCUT2D eigenvalue weighted by molar-refractivity contribution is 5.32. The van der Waals surface area contributed by atoms with Crippen LogP contribution in [0.15, 0.2) is 18.2 Å². The van der Waals surface area contributed by atoms with Gasteiger partial charge >= 0.3 is 0 Å². The third-order valence-corrected chi connectivity index (χ3v) is 3.53. The summed E-state index contributed by atoms with van der Waals surface area (Å²) in [4.78, 5) is 0. The lowest BCUT2D eigenvalue weighted by Gasteiger charge is -2.30. The SMILES string of the molecule is CC(C)Oc1ccc(C2CCNCC2C)cc1F. The molecule has 1 fully saturated rings. The third kappa shape index (κ3) is 3.02. The van der Waals surface area contributed by atoms with E-state index in [0.29, 0.717) is 17.6 Å². The lowest BCUT2D eigenvalue weighted by atomic mass is 9.82. The molecule has 1 aromatic carbocycles. The van der Waals surface area contributed by atoms with Gasteiger partial charge in [-0.1, -0.05) is 13.0 Å². The van der Waals surface area contributed by atoms with E-state index < -0.39 is 0 Å². The molecule has 0 aliphatic carbocycles. The predicted octanol–water partition coefficient (Wildman–Crippen LogP) is 3.33. The van der Waals surface area contributed by atoms with Crippen molar-refractivity contribution in [3.63, 3.8) is 0 Å². The molecule has 1 N–H and O–H groups in total. The number of ether oxygens (including phenoxy) is 1. The molecule has 0 saturated carbocycles. The molecular weight excluding hydrogens is 229 g/mol. The number of nitrogens with one attached hydrogen (secondary N) is 1. The fourth-order valence-corrected chi connectivity index (χ4v) is 2.61. The second kappa shape index (κ2) is 5.70. The van der Waals surface area contributed by atoms with E-state index in [1.165, 1.54) is 0 Å². The van der Waals surface area contributed by atoms with Gasteiger partial charge in [0.05, 0.1) is 6.10 Å². The molecule has 1 heterocycles. The van der Waals surface area contributed by atoms with Gasteiger partial charge < -0.3 is 10.1 Å². The summed E-state index contributed by atoms with van der Waals surface area (Å²) in [6, 6.07) is 5.41. The van der Waals surface area contributed by atoms with Crippen molar-refractivity contribution in [2.45, 2.75) is 39.2 Å². The molecule has 2 atom stereocenters. The minimum absolute atomic E-state index is 0.00292. The van der Waals surface area contributed by atoms with Gasteiger partial charge in [0.2, 0.25) is 0 Å². The van der Waals surface area contributed by atoms with Crippen LogP contribution in [0.25, 0.3) is 0 Å². The summed E-state index contributed by atoms with van der Waals surface area (Å²) >= 11 is 0. The second-order valence-corrected chi connectivity index (χ2v) is 5.43. The number of piperidine rings is 1. The summed E-state index contributed by atoms with van der Waals surface area (Å²) < 4.78 is 19.4. The lowest BCUT2D eigenvalue weighted by molar-refractivity contribution is 0.231. The van der Waals surface area contributed by atoms with Gasteiger partial charge in [-0.2, -0.15) is 0 Å². The van der Waals surface area contributed by atoms with Gasteiger partial charge in [-0.05, 0) is 62.9 Å². The number of benzene rings is 1. The van der Waals surface area contributed by atoms with E-state index in [1.807, 2.05) is 19.9 Å². The van der Waals surface area contributed by atoms with Crippen molar-refractivity contribution in [3.05, 3.63) is 29.6 Å². The molecular formula is C15H22FNO. The van der Waals surface area contributed by atoms with Crippen LogP contribution in [-0.4, -0.2) is 19.2 Å². The van der Waals surface area contributed by atoms with Gasteiger partial charge in [-0.3, -0.25) is 0 Å². The molecule has 2 unspecified atom stereocenters. The Hall–Kier alpha value is -1.09. The molecule has 1 aromatic rings. The van der Waals surface area contributed by atoms with Crippen LogP contribution in [0.1, 0.15) is 38.7 Å². The Balaban J connectivity index is 2.17. The number of hydrogen-bond acceptors (Lipinski definition) is 2. The normalized spacial score (nSPS) is 24.3. The fourth-order valence-electron chi connectivity index (χ4n) is 2.61. The zero-order valence-corrected chi connectivity index (χ0v) is 11.4. The maximum atomic E-state index is 14.0. The summed E-state index contributed by atoms with van der Waals surface area (Å²) in [6.07, 6.45) is 1.08. The maximum absolute atomic E-state index is 14.0. The molecule has 1 saturated heterocycles. The van der Waals surface area contributed by atoms with Crippen LogP contribution in [0.4, 0.5) is 4.39 Å². The van der Waals surface area contributed by atoms with Crippen molar-refractivity contribution in [2.75, 3.05) is 13.1 Å². The molecule has 0 spiro atoms. The molecule has 0 amide bonds. The molecule has 1 aliphatic heterocycles. The first-order valence-electron chi connectivity index (χ1n) is 6.74. The number of hydrogen-bond donors (Lipinski definition) is 1. The Kier molecular flexibility index (Phi) is 4.23. The van der Waals surface area contributed by atoms with Gasteiger partial charge in [0, 0.05) is 0 Å². The van der Waals surface area contributed by atoms with Crippen molar-refractivity contribution in [1.29, 1.82) is 0 Å². The van der Waals surface area contributed by atoms with Crippen LogP contribution >= 0.6 is 0 Å². The van der Waals surface area contributed by atoms with E-state index in [9.17, 15) is 4.39 Å². The minimum Gasteiger partial charge on any atom is -0.488 e. The average molecular weight is 251 g/mol. The Labute approximate surface area is 109 Å². The van der Waals surface area contributed by atoms with Gasteiger partial charge in [-0.15, -0.1) is 0 Å². The van der Waals surface area contributed by atoms with E-state index in [1.54, 1.807) is 12.1 Å². The van der Waals surface area contributed by atoms with Crippen LogP contribution in [-0.2, 0) is 0 Å². The van der Waals surface area contributed by atoms with Crippen LogP contribution in [0.3, 0.4) is 0 Å². The Morgan fingerprint density at radius 1 is 1.39 bits per heavy atom. The van der Waals surface area contributed by atoms with E-state index in [4.69, 9.17) is 4.74 Å². The Morgan fingerprint density at radius 2 is 2.17 bits per heavy atom. The molecule has 0 bridgehead atoms. The van der Waals surface area contributed by atoms with Gasteiger partial charge in [0.15, 0.2) is 11.6 Å². The average Bonchev–Trinajstić information content (AvgIpc) is 2.32. The first kappa shape index (κ1) is 13.3. The van der Waals surface area contributed by atoms with Crippen molar-refractivity contribution < 1.29 is 9.13 Å². The quantitative estimate of drug-likeness (QED) is 0.889. The van der Waals surface area contributed by atoms with E-state index in [-0.39, 0.29) is 11.9 Å². The summed E-state index contributed by atoms with van der Waals surface area (Å²) in [7, 11) is 0. The van der Waals surface area contributed by atoms with Crippen LogP contribution in [0.5, 0.6) is 5.75 Å². The monoisotopic (exact) mass is 251 g/mol. The summed E-state index contributed by atoms with van der Waals surface area (Å²) in [6.45, 7) is 8.05. The minimum atomic E-state index is -0.244. The highest BCUT2D eigenvalue weighted by Crippen LogP contribution is 2.32. The van der Waals surface area contributed by atoms with Crippen LogP contribution in [0, 0.1) is 11.7 Å². The van der Waals surface area contributed by atoms with Crippen molar-refractivity contribution in [2.24, 2.45) is 5.92 Å². The predicted molar refractivity (Wildman–Crippen MR) is 71.6 cm³/mol. The second-order valence-electron chi connectivity index (χ2n) is 5.43. The summed E-state index contributed by atoms with van der Waals surface area (Å²) in [5.41, 5.74) is 1.10. The third-order valence-electron chi connectivity index (χ3n) is 3.53. The summed E-state index contributed by atoms with van der Waals surface area (Å²) in [5.74, 6) is 1.12. The molecule has 2 nitrogen and oxygen atoms in total. The molecule has 100 valence electrons. The topological polar surface area (TPSA) is 21.3 Å². The Morgan fingerprint density at radius 3 is 2.78 bits per heavy atom. The van der Waals surface area contributed by atoms with E-state index in [0.717, 1.165) is 25.1 Å². The highest BCUT2D eigenvalue weighted by atomic mass is 19.1. The molecule has 0 aromatic heterocycles. The van der Waals surface area contributed by atoms with Gasteiger partial charge in [0.25, 0.3) is 0 Å². The fraction of sp³-hybridized carbons (Fsp3) is 0.600. The molecule has 18 heavy (non-hydrogen) atoms. The molecule has 2 rings (SSSR count). The number of halogens is 1. The Bertz CT molecular complexity index is 405. The first-order chi connectivity index (χ1) is 8.58. The standard InChI is InChI=1S/C15H22FNO/c1-10(2)18-15-5-4-12(8-14(15)16)13-6-7-17-9-11(13)3/h4-5,8,10-11,13,17H,6-7,9H2,1-3H3. The van der Waals surface area contributed by atoms with Gasteiger partial charge in [-0.25, -0.2) is 4.39 Å².